The third-order valence-corrected chi connectivity index (χ3v) is 4.27. The van der Waals surface area contributed by atoms with Gasteiger partial charge in [0.15, 0.2) is 0 Å². The fourth-order valence-electron chi connectivity index (χ4n) is 1.34. The van der Waals surface area contributed by atoms with Crippen LogP contribution in [0.25, 0.3) is 0 Å². The molecular weight excluding hydrogens is 293 g/mol. The Morgan fingerprint density at radius 2 is 2.10 bits per heavy atom. The van der Waals surface area contributed by atoms with Crippen LogP contribution in [-0.2, 0) is 14.8 Å². The molecule has 0 fully saturated rings. The van der Waals surface area contributed by atoms with Crippen molar-refractivity contribution < 1.29 is 22.5 Å². The number of sulfonamides is 1. The number of carbonyl (C=O) groups excluding carboxylic acids is 1. The Hall–Kier alpha value is -2.07. The Morgan fingerprint density at radius 3 is 2.60 bits per heavy atom. The highest BCUT2D eigenvalue weighted by Crippen LogP contribution is 2.23. The minimum atomic E-state index is -4.12. The highest BCUT2D eigenvalue weighted by Gasteiger charge is 2.26. The molecule has 1 amide bonds. The highest BCUT2D eigenvalue weighted by molar-refractivity contribution is 7.89. The standard InChI is InChI=1S/C10H12FN3O5S/c1-12-10(15)6-13(2)20(18,19)7-3-4-8(11)9(5-7)14(16)17/h3-5H,6H2,1-2H3,(H,12,15). The molecule has 0 unspecified atom stereocenters. The van der Waals surface area contributed by atoms with E-state index in [2.05, 4.69) is 5.32 Å². The normalized spacial score (nSPS) is 11.4. The third-order valence-electron chi connectivity index (χ3n) is 2.47. The molecule has 8 nitrogen and oxygen atoms in total. The van der Waals surface area contributed by atoms with Crippen LogP contribution in [0.2, 0.25) is 0 Å². The van der Waals surface area contributed by atoms with Crippen LogP contribution in [-0.4, -0.2) is 44.2 Å². The van der Waals surface area contributed by atoms with E-state index in [0.29, 0.717) is 16.4 Å². The molecule has 1 aromatic carbocycles. The summed E-state index contributed by atoms with van der Waals surface area (Å²) < 4.78 is 38.0. The minimum Gasteiger partial charge on any atom is -0.358 e. The molecule has 0 bridgehead atoms. The van der Waals surface area contributed by atoms with E-state index in [1.54, 1.807) is 0 Å². The van der Waals surface area contributed by atoms with Gasteiger partial charge in [-0.05, 0) is 12.1 Å². The molecular formula is C10H12FN3O5S. The molecule has 110 valence electrons. The largest absolute Gasteiger partial charge is 0.358 e. The van der Waals surface area contributed by atoms with Gasteiger partial charge in [0.1, 0.15) is 0 Å². The highest BCUT2D eigenvalue weighted by atomic mass is 32.2. The maximum absolute atomic E-state index is 13.2. The van der Waals surface area contributed by atoms with Crippen molar-refractivity contribution in [2.24, 2.45) is 0 Å². The van der Waals surface area contributed by atoms with Crippen molar-refractivity contribution in [3.63, 3.8) is 0 Å². The van der Waals surface area contributed by atoms with Crippen LogP contribution < -0.4 is 5.32 Å². The lowest BCUT2D eigenvalue weighted by Crippen LogP contribution is -2.36. The number of hydrogen-bond acceptors (Lipinski definition) is 5. The summed E-state index contributed by atoms with van der Waals surface area (Å²) in [7, 11) is -1.64. The third kappa shape index (κ3) is 3.27. The van der Waals surface area contributed by atoms with Gasteiger partial charge in [-0.3, -0.25) is 14.9 Å². The summed E-state index contributed by atoms with van der Waals surface area (Å²) in [5.41, 5.74) is -0.945. The molecule has 0 saturated carbocycles. The summed E-state index contributed by atoms with van der Waals surface area (Å²) in [6.07, 6.45) is 0. The average Bonchev–Trinajstić information content (AvgIpc) is 2.38. The molecule has 1 N–H and O–H groups in total. The molecule has 20 heavy (non-hydrogen) atoms. The topological polar surface area (TPSA) is 110 Å². The van der Waals surface area contributed by atoms with Gasteiger partial charge < -0.3 is 5.32 Å². The van der Waals surface area contributed by atoms with Crippen molar-refractivity contribution in [1.29, 1.82) is 0 Å². The number of amides is 1. The van der Waals surface area contributed by atoms with Crippen LogP contribution in [0.1, 0.15) is 0 Å². The van der Waals surface area contributed by atoms with Gasteiger partial charge in [0.2, 0.25) is 21.7 Å². The van der Waals surface area contributed by atoms with Gasteiger partial charge in [0.25, 0.3) is 0 Å². The Balaban J connectivity index is 3.19. The molecule has 1 aromatic rings. The van der Waals surface area contributed by atoms with E-state index in [0.717, 1.165) is 13.1 Å². The van der Waals surface area contributed by atoms with Gasteiger partial charge in [0, 0.05) is 20.2 Å². The average molecular weight is 305 g/mol. The Kier molecular flexibility index (Phi) is 4.73. The summed E-state index contributed by atoms with van der Waals surface area (Å²) in [4.78, 5) is 20.3. The van der Waals surface area contributed by atoms with Crippen molar-refractivity contribution in [3.8, 4) is 0 Å². The van der Waals surface area contributed by atoms with E-state index >= 15 is 0 Å². The molecule has 0 heterocycles. The Morgan fingerprint density at radius 1 is 1.50 bits per heavy atom. The van der Waals surface area contributed by atoms with Crippen LogP contribution in [0.5, 0.6) is 0 Å². The van der Waals surface area contributed by atoms with Gasteiger partial charge in [-0.2, -0.15) is 8.70 Å². The first-order valence-electron chi connectivity index (χ1n) is 5.31. The summed E-state index contributed by atoms with van der Waals surface area (Å²) in [5.74, 6) is -1.68. The number of benzene rings is 1. The molecule has 0 aromatic heterocycles. The van der Waals surface area contributed by atoms with Crippen molar-refractivity contribution in [2.45, 2.75) is 4.90 Å². The molecule has 1 rings (SSSR count). The lowest BCUT2D eigenvalue weighted by Gasteiger charge is -2.16. The molecule has 0 aliphatic rings. The van der Waals surface area contributed by atoms with Crippen LogP contribution in [0, 0.1) is 15.9 Å². The Labute approximate surface area is 114 Å². The van der Waals surface area contributed by atoms with E-state index in [1.807, 2.05) is 0 Å². The van der Waals surface area contributed by atoms with E-state index in [4.69, 9.17) is 0 Å². The fourth-order valence-corrected chi connectivity index (χ4v) is 2.49. The number of likely N-dealkylation sites (N-methyl/N-ethyl adjacent to an activating group) is 2. The number of nitro benzene ring substituents is 1. The van der Waals surface area contributed by atoms with Gasteiger partial charge in [-0.25, -0.2) is 8.42 Å². The van der Waals surface area contributed by atoms with Crippen LogP contribution in [0.15, 0.2) is 23.1 Å². The van der Waals surface area contributed by atoms with Crippen molar-refractivity contribution in [3.05, 3.63) is 34.1 Å². The molecule has 0 aliphatic heterocycles. The zero-order chi connectivity index (χ0) is 15.5. The van der Waals surface area contributed by atoms with Gasteiger partial charge >= 0.3 is 5.69 Å². The van der Waals surface area contributed by atoms with Gasteiger partial charge in [-0.1, -0.05) is 0 Å². The van der Waals surface area contributed by atoms with E-state index in [-0.39, 0.29) is 0 Å². The second kappa shape index (κ2) is 5.92. The van der Waals surface area contributed by atoms with E-state index in [1.165, 1.54) is 7.05 Å². The second-order valence-corrected chi connectivity index (χ2v) is 5.85. The van der Waals surface area contributed by atoms with Crippen molar-refractivity contribution in [2.75, 3.05) is 20.6 Å². The van der Waals surface area contributed by atoms with E-state index in [9.17, 15) is 27.7 Å². The number of halogens is 1. The number of nitro groups is 1. The summed E-state index contributed by atoms with van der Waals surface area (Å²) in [6, 6.07) is 2.21. The number of hydrogen-bond donors (Lipinski definition) is 1. The lowest BCUT2D eigenvalue weighted by atomic mass is 10.3. The minimum absolute atomic E-state index is 0.454. The predicted molar refractivity (Wildman–Crippen MR) is 66.9 cm³/mol. The number of nitrogens with one attached hydrogen (secondary N) is 1. The first kappa shape index (κ1) is 16.0. The van der Waals surface area contributed by atoms with Crippen LogP contribution in [0.3, 0.4) is 0 Å². The first-order valence-corrected chi connectivity index (χ1v) is 6.75. The second-order valence-electron chi connectivity index (χ2n) is 3.80. The molecule has 0 aliphatic carbocycles. The number of carbonyl (C=O) groups is 1. The lowest BCUT2D eigenvalue weighted by molar-refractivity contribution is -0.387. The Bertz CT molecular complexity index is 646. The first-order chi connectivity index (χ1) is 9.20. The fraction of sp³-hybridized carbons (Fsp3) is 0.300. The molecule has 0 atom stereocenters. The summed E-state index contributed by atoms with van der Waals surface area (Å²) >= 11 is 0. The van der Waals surface area contributed by atoms with Gasteiger partial charge in [0.05, 0.1) is 16.4 Å². The monoisotopic (exact) mass is 305 g/mol. The zero-order valence-corrected chi connectivity index (χ0v) is 11.5. The quantitative estimate of drug-likeness (QED) is 0.613. The van der Waals surface area contributed by atoms with E-state index < -0.39 is 43.8 Å². The zero-order valence-electron chi connectivity index (χ0n) is 10.7. The number of nitrogens with zero attached hydrogens (tertiary/aromatic N) is 2. The predicted octanol–water partition coefficient (Wildman–Crippen LogP) is 0.100. The van der Waals surface area contributed by atoms with Crippen molar-refractivity contribution in [1.82, 2.24) is 9.62 Å². The molecule has 10 heteroatoms. The number of rotatable bonds is 5. The SMILES string of the molecule is CNC(=O)CN(C)S(=O)(=O)c1ccc(F)c([N+](=O)[O-])c1. The van der Waals surface area contributed by atoms with Gasteiger partial charge in [-0.15, -0.1) is 0 Å². The van der Waals surface area contributed by atoms with Crippen LogP contribution >= 0.6 is 0 Å². The maximum atomic E-state index is 13.2. The molecule has 0 saturated heterocycles. The molecule has 0 spiro atoms. The summed E-state index contributed by atoms with van der Waals surface area (Å²) in [6.45, 7) is -0.454. The van der Waals surface area contributed by atoms with Crippen LogP contribution in [0.4, 0.5) is 10.1 Å². The smallest absolute Gasteiger partial charge is 0.306 e. The maximum Gasteiger partial charge on any atom is 0.306 e. The van der Waals surface area contributed by atoms with Crippen molar-refractivity contribution >= 4 is 21.6 Å². The molecule has 0 radical (unpaired) electrons. The summed E-state index contributed by atoms with van der Waals surface area (Å²) in [5, 5.41) is 12.8.